The van der Waals surface area contributed by atoms with Crippen LogP contribution in [-0.4, -0.2) is 38.9 Å². The van der Waals surface area contributed by atoms with Crippen molar-refractivity contribution in [3.8, 4) is 11.3 Å². The van der Waals surface area contributed by atoms with Gasteiger partial charge in [0.25, 0.3) is 5.91 Å². The van der Waals surface area contributed by atoms with E-state index in [2.05, 4.69) is 31.1 Å². The lowest BCUT2D eigenvalue weighted by molar-refractivity contribution is 0.0498. The van der Waals surface area contributed by atoms with Crippen LogP contribution in [-0.2, 0) is 5.41 Å². The monoisotopic (exact) mass is 360 g/mol. The SMILES string of the molecule is CC(C)(C)c1ccc(C(=O)N2CC(n3cc(-c4ccccc4)nn3)C2)cc1. The molecule has 5 heteroatoms. The van der Waals surface area contributed by atoms with Gasteiger partial charge in [-0.2, -0.15) is 0 Å². The van der Waals surface area contributed by atoms with Crippen molar-refractivity contribution in [3.63, 3.8) is 0 Å². The summed E-state index contributed by atoms with van der Waals surface area (Å²) in [6, 6.07) is 18.1. The highest BCUT2D eigenvalue weighted by Crippen LogP contribution is 2.26. The molecular weight excluding hydrogens is 336 g/mol. The van der Waals surface area contributed by atoms with Crippen molar-refractivity contribution >= 4 is 5.91 Å². The number of nitrogens with zero attached hydrogens (tertiary/aromatic N) is 4. The zero-order chi connectivity index (χ0) is 19.0. The Balaban J connectivity index is 1.39. The van der Waals surface area contributed by atoms with Gasteiger partial charge in [0.1, 0.15) is 5.69 Å². The first-order valence-corrected chi connectivity index (χ1v) is 9.29. The first-order chi connectivity index (χ1) is 12.9. The van der Waals surface area contributed by atoms with Crippen LogP contribution < -0.4 is 0 Å². The fraction of sp³-hybridized carbons (Fsp3) is 0.318. The van der Waals surface area contributed by atoms with Gasteiger partial charge in [-0.3, -0.25) is 4.79 Å². The van der Waals surface area contributed by atoms with Gasteiger partial charge in [-0.05, 0) is 23.1 Å². The van der Waals surface area contributed by atoms with E-state index in [0.29, 0.717) is 13.1 Å². The van der Waals surface area contributed by atoms with Gasteiger partial charge in [0.15, 0.2) is 0 Å². The summed E-state index contributed by atoms with van der Waals surface area (Å²) in [5, 5.41) is 8.51. The Hall–Kier alpha value is -2.95. The van der Waals surface area contributed by atoms with E-state index in [1.165, 1.54) is 5.56 Å². The normalized spacial score (nSPS) is 14.9. The Morgan fingerprint density at radius 3 is 2.30 bits per heavy atom. The van der Waals surface area contributed by atoms with E-state index in [-0.39, 0.29) is 17.4 Å². The molecule has 1 aromatic heterocycles. The molecule has 1 amide bonds. The minimum absolute atomic E-state index is 0.0788. The molecule has 1 fully saturated rings. The Morgan fingerprint density at radius 2 is 1.67 bits per heavy atom. The maximum absolute atomic E-state index is 12.7. The number of hydrogen-bond acceptors (Lipinski definition) is 3. The minimum atomic E-state index is 0.0788. The highest BCUT2D eigenvalue weighted by molar-refractivity contribution is 5.94. The third-order valence-corrected chi connectivity index (χ3v) is 5.10. The van der Waals surface area contributed by atoms with E-state index in [9.17, 15) is 4.79 Å². The van der Waals surface area contributed by atoms with Crippen LogP contribution in [0.5, 0.6) is 0 Å². The second-order valence-electron chi connectivity index (χ2n) is 8.14. The number of benzene rings is 2. The molecule has 1 saturated heterocycles. The lowest BCUT2D eigenvalue weighted by atomic mass is 9.86. The molecule has 0 atom stereocenters. The molecule has 3 aromatic rings. The Labute approximate surface area is 159 Å². The van der Waals surface area contributed by atoms with Gasteiger partial charge in [0, 0.05) is 24.2 Å². The predicted molar refractivity (Wildman–Crippen MR) is 106 cm³/mol. The zero-order valence-electron chi connectivity index (χ0n) is 16.0. The standard InChI is InChI=1S/C22H24N4O/c1-22(2,3)18-11-9-17(10-12-18)21(27)25-13-19(14-25)26-15-20(23-24-26)16-7-5-4-6-8-16/h4-12,15,19H,13-14H2,1-3H3. The van der Waals surface area contributed by atoms with Crippen molar-refractivity contribution in [1.82, 2.24) is 19.9 Å². The van der Waals surface area contributed by atoms with Crippen LogP contribution in [0.3, 0.4) is 0 Å². The second-order valence-corrected chi connectivity index (χ2v) is 8.14. The van der Waals surface area contributed by atoms with Crippen molar-refractivity contribution in [3.05, 3.63) is 71.9 Å². The predicted octanol–water partition coefficient (Wildman–Crippen LogP) is 3.94. The largest absolute Gasteiger partial charge is 0.334 e. The highest BCUT2D eigenvalue weighted by Gasteiger charge is 2.33. The fourth-order valence-corrected chi connectivity index (χ4v) is 3.28. The quantitative estimate of drug-likeness (QED) is 0.711. The maximum Gasteiger partial charge on any atom is 0.253 e. The number of rotatable bonds is 3. The van der Waals surface area contributed by atoms with Crippen LogP contribution in [0.1, 0.15) is 42.7 Å². The Kier molecular flexibility index (Phi) is 4.30. The third-order valence-electron chi connectivity index (χ3n) is 5.10. The summed E-state index contributed by atoms with van der Waals surface area (Å²) >= 11 is 0. The van der Waals surface area contributed by atoms with Gasteiger partial charge in [-0.1, -0.05) is 68.4 Å². The molecule has 4 rings (SSSR count). The number of carbonyl (C=O) groups excluding carboxylic acids is 1. The molecule has 2 aromatic carbocycles. The van der Waals surface area contributed by atoms with Gasteiger partial charge >= 0.3 is 0 Å². The molecule has 0 saturated carbocycles. The average Bonchev–Trinajstić information content (AvgIpc) is 3.10. The summed E-state index contributed by atoms with van der Waals surface area (Å²) in [4.78, 5) is 14.5. The van der Waals surface area contributed by atoms with Crippen LogP contribution in [0, 0.1) is 0 Å². The fourth-order valence-electron chi connectivity index (χ4n) is 3.28. The summed E-state index contributed by atoms with van der Waals surface area (Å²) in [5.74, 6) is 0.0788. The van der Waals surface area contributed by atoms with E-state index >= 15 is 0 Å². The van der Waals surface area contributed by atoms with E-state index in [1.807, 2.05) is 70.4 Å². The summed E-state index contributed by atoms with van der Waals surface area (Å²) in [7, 11) is 0. The lowest BCUT2D eigenvalue weighted by Gasteiger charge is -2.39. The van der Waals surface area contributed by atoms with Crippen molar-refractivity contribution < 1.29 is 4.79 Å². The summed E-state index contributed by atoms with van der Waals surface area (Å²) in [5.41, 5.74) is 3.97. The summed E-state index contributed by atoms with van der Waals surface area (Å²) < 4.78 is 1.87. The average molecular weight is 360 g/mol. The van der Waals surface area contributed by atoms with Crippen molar-refractivity contribution in [1.29, 1.82) is 0 Å². The van der Waals surface area contributed by atoms with Gasteiger partial charge in [-0.25, -0.2) is 4.68 Å². The number of hydrogen-bond donors (Lipinski definition) is 0. The molecule has 0 spiro atoms. The number of amides is 1. The first kappa shape index (κ1) is 17.5. The smallest absolute Gasteiger partial charge is 0.253 e. The molecule has 0 radical (unpaired) electrons. The molecule has 1 aliphatic heterocycles. The number of aromatic nitrogens is 3. The molecule has 2 heterocycles. The molecule has 5 nitrogen and oxygen atoms in total. The molecule has 27 heavy (non-hydrogen) atoms. The maximum atomic E-state index is 12.7. The van der Waals surface area contributed by atoms with Gasteiger partial charge in [0.2, 0.25) is 0 Å². The third kappa shape index (κ3) is 3.50. The van der Waals surface area contributed by atoms with Crippen molar-refractivity contribution in [2.45, 2.75) is 32.2 Å². The van der Waals surface area contributed by atoms with E-state index in [4.69, 9.17) is 0 Å². The van der Waals surface area contributed by atoms with Gasteiger partial charge < -0.3 is 4.90 Å². The molecule has 0 unspecified atom stereocenters. The summed E-state index contributed by atoms with van der Waals surface area (Å²) in [6.07, 6.45) is 1.96. The van der Waals surface area contributed by atoms with Crippen LogP contribution in [0.2, 0.25) is 0 Å². The van der Waals surface area contributed by atoms with Crippen molar-refractivity contribution in [2.75, 3.05) is 13.1 Å². The number of likely N-dealkylation sites (tertiary alicyclic amines) is 1. The van der Waals surface area contributed by atoms with E-state index in [0.717, 1.165) is 16.8 Å². The van der Waals surface area contributed by atoms with E-state index in [1.54, 1.807) is 0 Å². The minimum Gasteiger partial charge on any atom is -0.334 e. The van der Waals surface area contributed by atoms with Crippen LogP contribution >= 0.6 is 0 Å². The second kappa shape index (κ2) is 6.65. The molecule has 0 bridgehead atoms. The molecule has 1 aliphatic rings. The lowest BCUT2D eigenvalue weighted by Crippen LogP contribution is -2.50. The topological polar surface area (TPSA) is 51.0 Å². The Morgan fingerprint density at radius 1 is 1.00 bits per heavy atom. The van der Waals surface area contributed by atoms with Crippen molar-refractivity contribution in [2.24, 2.45) is 0 Å². The van der Waals surface area contributed by atoms with Gasteiger partial charge in [-0.15, -0.1) is 5.10 Å². The first-order valence-electron chi connectivity index (χ1n) is 9.29. The zero-order valence-corrected chi connectivity index (χ0v) is 16.0. The summed E-state index contributed by atoms with van der Waals surface area (Å²) in [6.45, 7) is 7.85. The molecule has 0 N–H and O–H groups in total. The molecule has 138 valence electrons. The Bertz CT molecular complexity index is 932. The van der Waals surface area contributed by atoms with Crippen LogP contribution in [0.4, 0.5) is 0 Å². The number of carbonyl (C=O) groups is 1. The molecule has 0 aliphatic carbocycles. The van der Waals surface area contributed by atoms with Crippen LogP contribution in [0.15, 0.2) is 60.8 Å². The van der Waals surface area contributed by atoms with Crippen LogP contribution in [0.25, 0.3) is 11.3 Å². The highest BCUT2D eigenvalue weighted by atomic mass is 16.2. The van der Waals surface area contributed by atoms with E-state index < -0.39 is 0 Å². The van der Waals surface area contributed by atoms with Gasteiger partial charge in [0.05, 0.1) is 12.2 Å². The molecular formula is C22H24N4O.